The molecule has 2 amide bonds. The molecule has 0 spiro atoms. The van der Waals surface area contributed by atoms with Crippen molar-refractivity contribution in [3.05, 3.63) is 107 Å². The second kappa shape index (κ2) is 13.9. The van der Waals surface area contributed by atoms with Crippen molar-refractivity contribution in [3.8, 4) is 11.1 Å². The molecule has 5 aliphatic rings. The molecule has 4 saturated carbocycles. The SMILES string of the molecule is Cn1ccnc1SC[C@H]1C[C@@H](c2ccc(CO)cc2)O[C@@H](c2cccc(-c3cccc(CNC(=O)NC45CC6CC(CC(C6)C4)C5)c3)c2)O1. The van der Waals surface area contributed by atoms with Gasteiger partial charge in [-0.1, -0.05) is 72.4 Å². The Kier molecular flexibility index (Phi) is 9.27. The van der Waals surface area contributed by atoms with E-state index in [4.69, 9.17) is 9.47 Å². The van der Waals surface area contributed by atoms with Gasteiger partial charge in [-0.15, -0.1) is 0 Å². The van der Waals surface area contributed by atoms with Crippen molar-refractivity contribution < 1.29 is 19.4 Å². The third kappa shape index (κ3) is 7.31. The Balaban J connectivity index is 0.952. The molecular formula is C40H46N4O4S. The maximum Gasteiger partial charge on any atom is 0.315 e. The van der Waals surface area contributed by atoms with Crippen molar-refractivity contribution in [2.45, 2.75) is 87.3 Å². The number of amides is 2. The first kappa shape index (κ1) is 32.6. The van der Waals surface area contributed by atoms with E-state index in [1.165, 1.54) is 19.3 Å². The second-order valence-corrected chi connectivity index (χ2v) is 15.8. The number of hydrogen-bond acceptors (Lipinski definition) is 6. The van der Waals surface area contributed by atoms with Crippen LogP contribution >= 0.6 is 11.8 Å². The number of aryl methyl sites for hydroxylation is 1. The van der Waals surface area contributed by atoms with Crippen LogP contribution in [0.25, 0.3) is 11.1 Å². The van der Waals surface area contributed by atoms with E-state index < -0.39 is 6.29 Å². The van der Waals surface area contributed by atoms with E-state index in [9.17, 15) is 9.90 Å². The summed E-state index contributed by atoms with van der Waals surface area (Å²) in [7, 11) is 2.00. The molecule has 1 saturated heterocycles. The number of rotatable bonds is 10. The molecule has 2 heterocycles. The quantitative estimate of drug-likeness (QED) is 0.149. The molecule has 0 radical (unpaired) electrons. The summed E-state index contributed by atoms with van der Waals surface area (Å²) in [6.07, 6.45) is 11.3. The van der Waals surface area contributed by atoms with Crippen LogP contribution in [-0.4, -0.2) is 38.1 Å². The molecule has 4 bridgehead atoms. The monoisotopic (exact) mass is 678 g/mol. The lowest BCUT2D eigenvalue weighted by Gasteiger charge is -2.56. The summed E-state index contributed by atoms with van der Waals surface area (Å²) < 4.78 is 15.3. The molecule has 4 aromatic rings. The second-order valence-electron chi connectivity index (χ2n) is 14.8. The maximum absolute atomic E-state index is 13.1. The molecule has 9 rings (SSSR count). The first-order chi connectivity index (χ1) is 23.9. The fourth-order valence-corrected chi connectivity index (χ4v) is 10.1. The lowest BCUT2D eigenvalue weighted by molar-refractivity contribution is -0.245. The van der Waals surface area contributed by atoms with E-state index in [-0.39, 0.29) is 30.4 Å². The minimum atomic E-state index is -0.540. The Morgan fingerprint density at radius 2 is 1.61 bits per heavy atom. The van der Waals surface area contributed by atoms with Crippen molar-refractivity contribution in [2.24, 2.45) is 24.8 Å². The Labute approximate surface area is 293 Å². The van der Waals surface area contributed by atoms with Crippen LogP contribution in [0.2, 0.25) is 0 Å². The van der Waals surface area contributed by atoms with Crippen LogP contribution < -0.4 is 10.6 Å². The molecule has 1 aliphatic heterocycles. The van der Waals surface area contributed by atoms with Gasteiger partial charge in [0.15, 0.2) is 11.4 Å². The zero-order valence-electron chi connectivity index (χ0n) is 28.1. The third-order valence-corrected chi connectivity index (χ3v) is 12.3. The number of carbonyl (C=O) groups excluding carboxylic acids is 1. The standard InChI is InChI=1S/C40H46N4O4S/c1-44-13-12-41-39(44)49-25-35-19-36(31-10-8-26(24-45)9-11-31)48-37(47-35)34-7-3-6-33(18-34)32-5-2-4-27(17-32)23-42-38(46)43-40-20-28-14-29(21-40)16-30(15-28)22-40/h2-13,17-18,28-30,35-37,45H,14-16,19-25H2,1H3,(H2,42,43,46)/t28?,29?,30?,35-,36+,37+,40?/m1/s1. The highest BCUT2D eigenvalue weighted by atomic mass is 32.2. The number of urea groups is 1. The van der Waals surface area contributed by atoms with Gasteiger partial charge in [-0.2, -0.15) is 0 Å². The molecule has 49 heavy (non-hydrogen) atoms. The van der Waals surface area contributed by atoms with Crippen LogP contribution in [0.3, 0.4) is 0 Å². The van der Waals surface area contributed by atoms with Crippen molar-refractivity contribution in [2.75, 3.05) is 5.75 Å². The summed E-state index contributed by atoms with van der Waals surface area (Å²) in [6, 6.07) is 24.7. The Bertz CT molecular complexity index is 1740. The molecule has 8 nitrogen and oxygen atoms in total. The summed E-state index contributed by atoms with van der Waals surface area (Å²) in [6.45, 7) is 0.492. The van der Waals surface area contributed by atoms with Crippen molar-refractivity contribution >= 4 is 17.8 Å². The van der Waals surface area contributed by atoms with Crippen molar-refractivity contribution in [1.29, 1.82) is 0 Å². The van der Waals surface area contributed by atoms with Crippen LogP contribution in [0.15, 0.2) is 90.3 Å². The maximum atomic E-state index is 13.1. The Morgan fingerprint density at radius 1 is 0.898 bits per heavy atom. The number of carbonyl (C=O) groups is 1. The van der Waals surface area contributed by atoms with E-state index in [2.05, 4.69) is 64.1 Å². The average molecular weight is 679 g/mol. The number of imidazole rings is 1. The topological polar surface area (TPSA) is 97.6 Å². The van der Waals surface area contributed by atoms with Crippen LogP contribution in [-0.2, 0) is 29.7 Å². The van der Waals surface area contributed by atoms with Crippen molar-refractivity contribution in [1.82, 2.24) is 20.2 Å². The van der Waals surface area contributed by atoms with Gasteiger partial charge in [-0.25, -0.2) is 9.78 Å². The molecule has 256 valence electrons. The summed E-state index contributed by atoms with van der Waals surface area (Å²) in [5.41, 5.74) is 6.12. The molecule has 3 N–H and O–H groups in total. The number of nitrogens with one attached hydrogen (secondary N) is 2. The number of thioether (sulfide) groups is 1. The summed E-state index contributed by atoms with van der Waals surface area (Å²) in [5, 5.41) is 17.1. The van der Waals surface area contributed by atoms with Crippen LogP contribution in [0.5, 0.6) is 0 Å². The van der Waals surface area contributed by atoms with E-state index in [1.807, 2.05) is 48.3 Å². The minimum Gasteiger partial charge on any atom is -0.392 e. The highest BCUT2D eigenvalue weighted by molar-refractivity contribution is 7.99. The number of nitrogens with zero attached hydrogens (tertiary/aromatic N) is 2. The fourth-order valence-electron chi connectivity index (χ4n) is 9.14. The van der Waals surface area contributed by atoms with E-state index in [0.717, 1.165) is 87.7 Å². The molecule has 1 aromatic heterocycles. The van der Waals surface area contributed by atoms with Gasteiger partial charge >= 0.3 is 6.03 Å². The first-order valence-electron chi connectivity index (χ1n) is 17.8. The molecule has 5 fully saturated rings. The van der Waals surface area contributed by atoms with Crippen LogP contribution in [0.4, 0.5) is 4.79 Å². The number of ether oxygens (including phenoxy) is 2. The normalized spacial score (nSPS) is 28.8. The lowest BCUT2D eigenvalue weighted by Crippen LogP contribution is -2.61. The number of aliphatic hydroxyl groups is 1. The van der Waals surface area contributed by atoms with Gasteiger partial charge < -0.3 is 29.8 Å². The summed E-state index contributed by atoms with van der Waals surface area (Å²) >= 11 is 1.69. The highest BCUT2D eigenvalue weighted by Crippen LogP contribution is 2.55. The number of hydrogen-bond donors (Lipinski definition) is 3. The van der Waals surface area contributed by atoms with E-state index in [1.54, 1.807) is 11.8 Å². The van der Waals surface area contributed by atoms with Gasteiger partial charge in [-0.3, -0.25) is 0 Å². The molecule has 4 aliphatic carbocycles. The minimum absolute atomic E-state index is 0.00218. The number of benzene rings is 3. The van der Waals surface area contributed by atoms with Crippen LogP contribution in [0.1, 0.15) is 79.6 Å². The van der Waals surface area contributed by atoms with Gasteiger partial charge in [0, 0.05) is 49.3 Å². The summed E-state index contributed by atoms with van der Waals surface area (Å²) in [5.74, 6) is 3.14. The van der Waals surface area contributed by atoms with E-state index in [0.29, 0.717) is 6.54 Å². The first-order valence-corrected chi connectivity index (χ1v) is 18.7. The van der Waals surface area contributed by atoms with Crippen molar-refractivity contribution in [3.63, 3.8) is 0 Å². The molecule has 3 aromatic carbocycles. The molecule has 9 heteroatoms. The van der Waals surface area contributed by atoms with Crippen LogP contribution in [0, 0.1) is 17.8 Å². The zero-order chi connectivity index (χ0) is 33.4. The van der Waals surface area contributed by atoms with Gasteiger partial charge in [0.2, 0.25) is 0 Å². The average Bonchev–Trinajstić information content (AvgIpc) is 3.53. The number of aliphatic hydroxyl groups excluding tert-OH is 1. The lowest BCUT2D eigenvalue weighted by atomic mass is 9.53. The predicted molar refractivity (Wildman–Crippen MR) is 191 cm³/mol. The smallest absolute Gasteiger partial charge is 0.315 e. The fraction of sp³-hybridized carbons (Fsp3) is 0.450. The van der Waals surface area contributed by atoms with Gasteiger partial charge in [-0.05, 0) is 96.2 Å². The van der Waals surface area contributed by atoms with Gasteiger partial charge in [0.05, 0.1) is 18.8 Å². The Hall–Kier alpha value is -3.63. The van der Waals surface area contributed by atoms with Gasteiger partial charge in [0.25, 0.3) is 0 Å². The van der Waals surface area contributed by atoms with Gasteiger partial charge in [0.1, 0.15) is 0 Å². The molecule has 3 atom stereocenters. The highest BCUT2D eigenvalue weighted by Gasteiger charge is 2.51. The third-order valence-electron chi connectivity index (χ3n) is 11.1. The summed E-state index contributed by atoms with van der Waals surface area (Å²) in [4.78, 5) is 17.6. The molecular weight excluding hydrogens is 633 g/mol. The largest absolute Gasteiger partial charge is 0.392 e. The molecule has 0 unspecified atom stereocenters. The van der Waals surface area contributed by atoms with E-state index >= 15 is 0 Å². The zero-order valence-corrected chi connectivity index (χ0v) is 28.9. The number of aromatic nitrogens is 2. The Morgan fingerprint density at radius 3 is 2.31 bits per heavy atom. The predicted octanol–water partition coefficient (Wildman–Crippen LogP) is 7.69.